The minimum Gasteiger partial charge on any atom is -0.443 e. The molecule has 1 atom stereocenters. The third-order valence-electron chi connectivity index (χ3n) is 3.41. The number of hydrogen-bond acceptors (Lipinski definition) is 5. The SMILES string of the molecule is CN1CCNCC1C(=O)Nc1ccc2ncoc2c1. The van der Waals surface area contributed by atoms with Crippen molar-refractivity contribution in [3.05, 3.63) is 24.6 Å². The van der Waals surface area contributed by atoms with E-state index in [1.54, 1.807) is 6.07 Å². The lowest BCUT2D eigenvalue weighted by Gasteiger charge is -2.31. The van der Waals surface area contributed by atoms with E-state index in [2.05, 4.69) is 20.5 Å². The highest BCUT2D eigenvalue weighted by atomic mass is 16.3. The summed E-state index contributed by atoms with van der Waals surface area (Å²) in [5.41, 5.74) is 2.19. The van der Waals surface area contributed by atoms with Gasteiger partial charge in [0.1, 0.15) is 11.6 Å². The third-order valence-corrected chi connectivity index (χ3v) is 3.41. The van der Waals surface area contributed by atoms with Crippen LogP contribution in [0.4, 0.5) is 5.69 Å². The van der Waals surface area contributed by atoms with Crippen LogP contribution in [0.2, 0.25) is 0 Å². The minimum absolute atomic E-state index is 0.00596. The number of nitrogens with one attached hydrogen (secondary N) is 2. The van der Waals surface area contributed by atoms with E-state index in [0.717, 1.165) is 24.3 Å². The number of piperazine rings is 1. The van der Waals surface area contributed by atoms with Gasteiger partial charge in [0.25, 0.3) is 0 Å². The molecule has 0 saturated carbocycles. The third kappa shape index (κ3) is 2.45. The fourth-order valence-corrected chi connectivity index (χ4v) is 2.26. The van der Waals surface area contributed by atoms with Crippen LogP contribution in [0.5, 0.6) is 0 Å². The van der Waals surface area contributed by atoms with Crippen molar-refractivity contribution in [2.24, 2.45) is 0 Å². The van der Waals surface area contributed by atoms with Crippen LogP contribution in [0.15, 0.2) is 29.0 Å². The summed E-state index contributed by atoms with van der Waals surface area (Å²) < 4.78 is 5.22. The normalized spacial score (nSPS) is 20.6. The van der Waals surface area contributed by atoms with Crippen molar-refractivity contribution in [2.75, 3.05) is 32.0 Å². The Kier molecular flexibility index (Phi) is 3.18. The van der Waals surface area contributed by atoms with Crippen molar-refractivity contribution >= 4 is 22.7 Å². The number of likely N-dealkylation sites (N-methyl/N-ethyl adjacent to an activating group) is 1. The summed E-state index contributed by atoms with van der Waals surface area (Å²) in [5.74, 6) is -0.00596. The predicted molar refractivity (Wildman–Crippen MR) is 71.9 cm³/mol. The van der Waals surface area contributed by atoms with E-state index in [0.29, 0.717) is 12.1 Å². The Morgan fingerprint density at radius 3 is 3.32 bits per heavy atom. The van der Waals surface area contributed by atoms with Crippen LogP contribution in [0.1, 0.15) is 0 Å². The average molecular weight is 260 g/mol. The number of fused-ring (bicyclic) bond motifs is 1. The van der Waals surface area contributed by atoms with E-state index >= 15 is 0 Å². The Labute approximate surface area is 110 Å². The van der Waals surface area contributed by atoms with Crippen molar-refractivity contribution in [1.82, 2.24) is 15.2 Å². The van der Waals surface area contributed by atoms with Gasteiger partial charge >= 0.3 is 0 Å². The first kappa shape index (κ1) is 12.1. The standard InChI is InChI=1S/C13H16N4O2/c1-17-5-4-14-7-11(17)13(18)16-9-2-3-10-12(6-9)19-8-15-10/h2-3,6,8,11,14H,4-5,7H2,1H3,(H,16,18). The van der Waals surface area contributed by atoms with Gasteiger partial charge in [-0.15, -0.1) is 0 Å². The van der Waals surface area contributed by atoms with Crippen molar-refractivity contribution in [2.45, 2.75) is 6.04 Å². The van der Waals surface area contributed by atoms with Crippen LogP contribution >= 0.6 is 0 Å². The lowest BCUT2D eigenvalue weighted by atomic mass is 10.2. The van der Waals surface area contributed by atoms with Crippen molar-refractivity contribution in [3.8, 4) is 0 Å². The predicted octanol–water partition coefficient (Wildman–Crippen LogP) is 0.670. The van der Waals surface area contributed by atoms with Gasteiger partial charge in [-0.1, -0.05) is 0 Å². The number of anilines is 1. The fourth-order valence-electron chi connectivity index (χ4n) is 2.26. The number of hydrogen-bond donors (Lipinski definition) is 2. The van der Waals surface area contributed by atoms with E-state index in [-0.39, 0.29) is 11.9 Å². The molecule has 1 saturated heterocycles. The molecule has 6 nitrogen and oxygen atoms in total. The fraction of sp³-hybridized carbons (Fsp3) is 0.385. The first-order chi connectivity index (χ1) is 9.24. The molecule has 0 spiro atoms. The molecule has 0 radical (unpaired) electrons. The number of nitrogens with zero attached hydrogens (tertiary/aromatic N) is 2. The van der Waals surface area contributed by atoms with Crippen molar-refractivity contribution in [3.63, 3.8) is 0 Å². The monoisotopic (exact) mass is 260 g/mol. The zero-order valence-electron chi connectivity index (χ0n) is 10.7. The highest BCUT2D eigenvalue weighted by Gasteiger charge is 2.25. The molecule has 1 aromatic carbocycles. The Balaban J connectivity index is 1.74. The van der Waals surface area contributed by atoms with Crippen LogP contribution in [-0.4, -0.2) is 48.5 Å². The number of aromatic nitrogens is 1. The summed E-state index contributed by atoms with van der Waals surface area (Å²) in [6, 6.07) is 5.31. The maximum absolute atomic E-state index is 12.2. The van der Waals surface area contributed by atoms with Crippen molar-refractivity contribution in [1.29, 1.82) is 0 Å². The van der Waals surface area contributed by atoms with Crippen LogP contribution in [0, 0.1) is 0 Å². The van der Waals surface area contributed by atoms with Gasteiger partial charge < -0.3 is 15.1 Å². The van der Waals surface area contributed by atoms with E-state index in [1.165, 1.54) is 6.39 Å². The zero-order valence-corrected chi connectivity index (χ0v) is 10.7. The van der Waals surface area contributed by atoms with Gasteiger partial charge in [0, 0.05) is 31.4 Å². The number of oxazole rings is 1. The molecule has 2 aromatic rings. The van der Waals surface area contributed by atoms with Gasteiger partial charge in [0.2, 0.25) is 5.91 Å². The van der Waals surface area contributed by atoms with Gasteiger partial charge in [-0.3, -0.25) is 9.69 Å². The van der Waals surface area contributed by atoms with Gasteiger partial charge in [-0.25, -0.2) is 4.98 Å². The van der Waals surface area contributed by atoms with E-state index < -0.39 is 0 Å². The number of rotatable bonds is 2. The Hall–Kier alpha value is -1.92. The maximum Gasteiger partial charge on any atom is 0.243 e. The van der Waals surface area contributed by atoms with Gasteiger partial charge in [-0.05, 0) is 19.2 Å². The number of carbonyl (C=O) groups is 1. The molecule has 19 heavy (non-hydrogen) atoms. The average Bonchev–Trinajstić information content (AvgIpc) is 2.86. The van der Waals surface area contributed by atoms with Crippen LogP contribution < -0.4 is 10.6 Å². The molecular formula is C13H16N4O2. The van der Waals surface area contributed by atoms with Crippen LogP contribution in [0.25, 0.3) is 11.1 Å². The van der Waals surface area contributed by atoms with Crippen LogP contribution in [0.3, 0.4) is 0 Å². The molecule has 1 aliphatic heterocycles. The summed E-state index contributed by atoms with van der Waals surface area (Å²) in [5, 5.41) is 6.14. The molecule has 1 unspecified atom stereocenters. The molecule has 3 rings (SSSR count). The quantitative estimate of drug-likeness (QED) is 0.830. The first-order valence-corrected chi connectivity index (χ1v) is 6.29. The summed E-state index contributed by atoms with van der Waals surface area (Å²) >= 11 is 0. The minimum atomic E-state index is -0.140. The Morgan fingerprint density at radius 2 is 2.47 bits per heavy atom. The largest absolute Gasteiger partial charge is 0.443 e. The number of carbonyl (C=O) groups excluding carboxylic acids is 1. The molecule has 1 aliphatic rings. The second-order valence-electron chi connectivity index (χ2n) is 4.72. The molecule has 1 amide bonds. The topological polar surface area (TPSA) is 70.4 Å². The smallest absolute Gasteiger partial charge is 0.243 e. The zero-order chi connectivity index (χ0) is 13.2. The summed E-state index contributed by atoms with van der Waals surface area (Å²) in [4.78, 5) is 18.3. The van der Waals surface area contributed by atoms with Crippen molar-refractivity contribution < 1.29 is 9.21 Å². The van der Waals surface area contributed by atoms with E-state index in [4.69, 9.17) is 4.42 Å². The molecule has 1 aromatic heterocycles. The lowest BCUT2D eigenvalue weighted by molar-refractivity contribution is -0.121. The van der Waals surface area contributed by atoms with Gasteiger partial charge in [-0.2, -0.15) is 0 Å². The van der Waals surface area contributed by atoms with Crippen LogP contribution in [-0.2, 0) is 4.79 Å². The second-order valence-corrected chi connectivity index (χ2v) is 4.72. The highest BCUT2D eigenvalue weighted by Crippen LogP contribution is 2.18. The lowest BCUT2D eigenvalue weighted by Crippen LogP contribution is -2.54. The molecule has 1 fully saturated rings. The molecule has 100 valence electrons. The van der Waals surface area contributed by atoms with E-state index in [9.17, 15) is 4.79 Å². The number of amides is 1. The summed E-state index contributed by atoms with van der Waals surface area (Å²) in [6.45, 7) is 2.47. The Morgan fingerprint density at radius 1 is 1.58 bits per heavy atom. The Bertz CT molecular complexity index is 595. The number of benzene rings is 1. The maximum atomic E-state index is 12.2. The summed E-state index contributed by atoms with van der Waals surface area (Å²) in [7, 11) is 1.96. The van der Waals surface area contributed by atoms with Gasteiger partial charge in [0.15, 0.2) is 12.0 Å². The molecule has 0 bridgehead atoms. The molecule has 2 N–H and O–H groups in total. The first-order valence-electron chi connectivity index (χ1n) is 6.29. The second kappa shape index (κ2) is 4.99. The molecule has 2 heterocycles. The molecule has 0 aliphatic carbocycles. The van der Waals surface area contributed by atoms with E-state index in [1.807, 2.05) is 19.2 Å². The highest BCUT2D eigenvalue weighted by molar-refractivity contribution is 5.96. The summed E-state index contributed by atoms with van der Waals surface area (Å²) in [6.07, 6.45) is 1.40. The van der Waals surface area contributed by atoms with Gasteiger partial charge in [0.05, 0.1) is 0 Å². The molecular weight excluding hydrogens is 244 g/mol. The molecule has 6 heteroatoms.